The van der Waals surface area contributed by atoms with Crippen molar-refractivity contribution in [3.05, 3.63) is 86.0 Å². The largest absolute Gasteiger partial charge is 0.378 e. The number of rotatable bonds is 10. The van der Waals surface area contributed by atoms with Gasteiger partial charge in [-0.3, -0.25) is 40.5 Å². The summed E-state index contributed by atoms with van der Waals surface area (Å²) >= 11 is 12.5. The molecular formula is C20H20Cl2N4O9. The summed E-state index contributed by atoms with van der Waals surface area (Å²) in [5, 5.41) is 43.6. The fraction of sp³-hybridized carbons (Fsp3) is 0.400. The number of hydrogen-bond acceptors (Lipinski definition) is 9. The highest BCUT2D eigenvalue weighted by molar-refractivity contribution is 6.22. The van der Waals surface area contributed by atoms with Gasteiger partial charge in [0.1, 0.15) is 11.1 Å². The van der Waals surface area contributed by atoms with Crippen LogP contribution in [0.1, 0.15) is 44.1 Å². The molecule has 0 fully saturated rings. The van der Waals surface area contributed by atoms with E-state index < -0.39 is 66.4 Å². The van der Waals surface area contributed by atoms with Crippen molar-refractivity contribution in [1.29, 1.82) is 0 Å². The van der Waals surface area contributed by atoms with Crippen LogP contribution in [0.3, 0.4) is 0 Å². The van der Waals surface area contributed by atoms with E-state index in [9.17, 15) is 40.5 Å². The van der Waals surface area contributed by atoms with Crippen LogP contribution >= 0.6 is 23.2 Å². The fourth-order valence-electron chi connectivity index (χ4n) is 3.63. The molecule has 2 atom stereocenters. The molecule has 0 amide bonds. The van der Waals surface area contributed by atoms with E-state index in [1.165, 1.54) is 39.8 Å². The Hall–Kier alpha value is -3.42. The number of benzene rings is 2. The molecule has 0 saturated carbocycles. The second-order valence-corrected chi connectivity index (χ2v) is 8.75. The molecule has 35 heavy (non-hydrogen) atoms. The Balaban J connectivity index is 2.40. The van der Waals surface area contributed by atoms with E-state index in [2.05, 4.69) is 0 Å². The molecule has 13 nitrogen and oxygen atoms in total. The van der Waals surface area contributed by atoms with Gasteiger partial charge >= 0.3 is 0 Å². The standard InChI is InChI=1S/C20H20Cl2N4O9/c1-9-5-15(23(27)28)17(19(11(9)3)25(31)32)13(21)7-35-8-14(22)18-16(24(29)30)6-10(2)12(4)20(18)26(33)34/h5-6,13-14H,7-8H2,1-4H3. The zero-order chi connectivity index (χ0) is 26.8. The first-order valence-corrected chi connectivity index (χ1v) is 10.8. The van der Waals surface area contributed by atoms with Gasteiger partial charge < -0.3 is 4.74 Å². The van der Waals surface area contributed by atoms with E-state index >= 15 is 0 Å². The van der Waals surface area contributed by atoms with E-state index in [1.807, 2.05) is 0 Å². The van der Waals surface area contributed by atoms with Gasteiger partial charge in [0.15, 0.2) is 0 Å². The first kappa shape index (κ1) is 27.8. The van der Waals surface area contributed by atoms with Gasteiger partial charge in [0.2, 0.25) is 0 Å². The van der Waals surface area contributed by atoms with Crippen LogP contribution in [0.15, 0.2) is 12.1 Å². The SMILES string of the molecule is Cc1cc([N+](=O)[O-])c(C(Cl)COCC(Cl)c2c([N+](=O)[O-])cc(C)c(C)c2[N+](=O)[O-])c([N+](=O)[O-])c1C. The van der Waals surface area contributed by atoms with Crippen LogP contribution in [-0.4, -0.2) is 32.9 Å². The Morgan fingerprint density at radius 2 is 1.00 bits per heavy atom. The quantitative estimate of drug-likeness (QED) is 0.207. The van der Waals surface area contributed by atoms with Crippen LogP contribution < -0.4 is 0 Å². The minimum atomic E-state index is -1.36. The van der Waals surface area contributed by atoms with Crippen LogP contribution in [0.5, 0.6) is 0 Å². The van der Waals surface area contributed by atoms with Crippen molar-refractivity contribution in [1.82, 2.24) is 0 Å². The monoisotopic (exact) mass is 530 g/mol. The smallest absolute Gasteiger partial charge is 0.284 e. The molecule has 0 saturated heterocycles. The Morgan fingerprint density at radius 3 is 1.26 bits per heavy atom. The highest BCUT2D eigenvalue weighted by Gasteiger charge is 2.36. The number of aryl methyl sites for hydroxylation is 2. The van der Waals surface area contributed by atoms with E-state index in [4.69, 9.17) is 27.9 Å². The molecule has 0 N–H and O–H groups in total. The van der Waals surface area contributed by atoms with Crippen LogP contribution in [-0.2, 0) is 4.74 Å². The minimum absolute atomic E-state index is 0.192. The average molecular weight is 531 g/mol. The summed E-state index contributed by atoms with van der Waals surface area (Å²) in [6, 6.07) is 2.33. The number of alkyl halides is 2. The third-order valence-corrected chi connectivity index (χ3v) is 6.26. The molecule has 2 aromatic rings. The zero-order valence-electron chi connectivity index (χ0n) is 18.9. The number of halogens is 2. The first-order chi connectivity index (χ1) is 16.2. The van der Waals surface area contributed by atoms with Gasteiger partial charge in [0, 0.05) is 23.3 Å². The van der Waals surface area contributed by atoms with Crippen molar-refractivity contribution in [2.24, 2.45) is 0 Å². The second kappa shape index (κ2) is 10.9. The summed E-state index contributed by atoms with van der Waals surface area (Å²) in [7, 11) is 0. The van der Waals surface area contributed by atoms with Gasteiger partial charge in [0.25, 0.3) is 22.7 Å². The average Bonchev–Trinajstić information content (AvgIpc) is 2.75. The molecule has 2 rings (SSSR count). The van der Waals surface area contributed by atoms with Crippen molar-refractivity contribution < 1.29 is 24.4 Å². The third-order valence-electron chi connectivity index (χ3n) is 5.58. The lowest BCUT2D eigenvalue weighted by Crippen LogP contribution is -2.14. The molecule has 0 aliphatic carbocycles. The predicted molar refractivity (Wildman–Crippen MR) is 126 cm³/mol. The highest BCUT2D eigenvalue weighted by Crippen LogP contribution is 2.43. The molecule has 0 aliphatic rings. The maximum atomic E-state index is 11.6. The third kappa shape index (κ3) is 5.63. The van der Waals surface area contributed by atoms with Crippen LogP contribution in [0, 0.1) is 68.2 Å². The Kier molecular flexibility index (Phi) is 8.65. The maximum Gasteiger partial charge on any atom is 0.284 e. The summed E-state index contributed by atoms with van der Waals surface area (Å²) in [6.45, 7) is 4.83. The Morgan fingerprint density at radius 1 is 0.686 bits per heavy atom. The molecule has 0 aliphatic heterocycles. The number of hydrogen-bond donors (Lipinski definition) is 0. The molecule has 0 aromatic heterocycles. The Labute approximate surface area is 208 Å². The van der Waals surface area contributed by atoms with Gasteiger partial charge in [-0.15, -0.1) is 23.2 Å². The highest BCUT2D eigenvalue weighted by atomic mass is 35.5. The molecule has 2 unspecified atom stereocenters. The Bertz CT molecular complexity index is 1140. The summed E-state index contributed by atoms with van der Waals surface area (Å²) in [5.41, 5.74) is -1.86. The maximum absolute atomic E-state index is 11.6. The molecule has 0 heterocycles. The number of nitro groups is 4. The predicted octanol–water partition coefficient (Wildman–Crippen LogP) is 5.83. The minimum Gasteiger partial charge on any atom is -0.378 e. The van der Waals surface area contributed by atoms with Gasteiger partial charge in [-0.2, -0.15) is 0 Å². The number of nitrogens with zero attached hydrogens (tertiary/aromatic N) is 4. The van der Waals surface area contributed by atoms with E-state index in [0.29, 0.717) is 11.1 Å². The van der Waals surface area contributed by atoms with Crippen LogP contribution in [0.4, 0.5) is 22.7 Å². The molecule has 0 bridgehead atoms. The lowest BCUT2D eigenvalue weighted by Gasteiger charge is -2.16. The summed E-state index contributed by atoms with van der Waals surface area (Å²) < 4.78 is 5.39. The fourth-order valence-corrected chi connectivity index (χ4v) is 4.24. The van der Waals surface area contributed by atoms with Crippen molar-refractivity contribution in [3.63, 3.8) is 0 Å². The zero-order valence-corrected chi connectivity index (χ0v) is 20.5. The summed E-state index contributed by atoms with van der Waals surface area (Å²) in [6.07, 6.45) is 0. The lowest BCUT2D eigenvalue weighted by molar-refractivity contribution is -0.396. The van der Waals surface area contributed by atoms with Gasteiger partial charge in [-0.25, -0.2) is 0 Å². The second-order valence-electron chi connectivity index (χ2n) is 7.70. The van der Waals surface area contributed by atoms with Crippen molar-refractivity contribution in [2.45, 2.75) is 38.4 Å². The molecule has 0 radical (unpaired) electrons. The summed E-state index contributed by atoms with van der Waals surface area (Å²) in [5.74, 6) is 0. The van der Waals surface area contributed by atoms with E-state index in [1.54, 1.807) is 0 Å². The van der Waals surface area contributed by atoms with Crippen molar-refractivity contribution in [3.8, 4) is 0 Å². The van der Waals surface area contributed by atoms with Crippen molar-refractivity contribution >= 4 is 46.0 Å². The molecule has 2 aromatic carbocycles. The van der Waals surface area contributed by atoms with Gasteiger partial charge in [-0.1, -0.05) is 0 Å². The lowest BCUT2D eigenvalue weighted by atomic mass is 9.98. The first-order valence-electron chi connectivity index (χ1n) is 9.92. The summed E-state index contributed by atoms with van der Waals surface area (Å²) in [4.78, 5) is 43.2. The number of nitro benzene ring substituents is 4. The van der Waals surface area contributed by atoms with Gasteiger partial charge in [-0.05, 0) is 38.8 Å². The molecule has 15 heteroatoms. The number of ether oxygens (including phenoxy) is 1. The van der Waals surface area contributed by atoms with Crippen molar-refractivity contribution in [2.75, 3.05) is 13.2 Å². The van der Waals surface area contributed by atoms with Crippen LogP contribution in [0.25, 0.3) is 0 Å². The van der Waals surface area contributed by atoms with E-state index in [0.717, 1.165) is 0 Å². The van der Waals surface area contributed by atoms with Gasteiger partial charge in [0.05, 0.1) is 43.7 Å². The molecule has 188 valence electrons. The molecular weight excluding hydrogens is 511 g/mol. The normalized spacial score (nSPS) is 12.7. The van der Waals surface area contributed by atoms with Crippen LogP contribution in [0.2, 0.25) is 0 Å². The molecule has 0 spiro atoms. The topological polar surface area (TPSA) is 182 Å². The van der Waals surface area contributed by atoms with E-state index in [-0.39, 0.29) is 22.3 Å².